The summed E-state index contributed by atoms with van der Waals surface area (Å²) < 4.78 is 0. The van der Waals surface area contributed by atoms with Crippen LogP contribution in [-0.2, 0) is 10.8 Å². The number of aromatic nitrogens is 2. The van der Waals surface area contributed by atoms with Gasteiger partial charge >= 0.3 is 0 Å². The summed E-state index contributed by atoms with van der Waals surface area (Å²) in [7, 11) is 0. The van der Waals surface area contributed by atoms with Gasteiger partial charge in [-0.2, -0.15) is 0 Å². The van der Waals surface area contributed by atoms with Crippen molar-refractivity contribution >= 4 is 22.1 Å². The number of hydrogen-bond donors (Lipinski definition) is 0. The molecule has 0 aliphatic rings. The minimum absolute atomic E-state index is 0.123. The Hall–Kier alpha value is -1.96. The van der Waals surface area contributed by atoms with E-state index >= 15 is 0 Å². The molecule has 0 saturated carbocycles. The van der Waals surface area contributed by atoms with Gasteiger partial charge in [0.15, 0.2) is 0 Å². The Kier molecular flexibility index (Phi) is 3.24. The first kappa shape index (κ1) is 15.0. The van der Waals surface area contributed by atoms with Gasteiger partial charge < -0.3 is 0 Å². The molecule has 0 fully saturated rings. The molecule has 0 amide bonds. The lowest BCUT2D eigenvalue weighted by atomic mass is 9.86. The molecule has 0 saturated heterocycles. The molecule has 2 heteroatoms. The molecule has 3 rings (SSSR count). The van der Waals surface area contributed by atoms with E-state index in [1.165, 1.54) is 11.1 Å². The molecule has 3 aromatic rings. The van der Waals surface area contributed by atoms with Crippen molar-refractivity contribution in [2.75, 3.05) is 0 Å². The Bertz CT molecular complexity index is 780. The van der Waals surface area contributed by atoms with Gasteiger partial charge in [-0.15, -0.1) is 0 Å². The Balaban J connectivity index is 2.24. The van der Waals surface area contributed by atoms with Crippen LogP contribution in [0.4, 0.5) is 0 Å². The van der Waals surface area contributed by atoms with Crippen LogP contribution in [0, 0.1) is 0 Å². The van der Waals surface area contributed by atoms with E-state index in [1.807, 2.05) is 0 Å². The molecule has 22 heavy (non-hydrogen) atoms. The lowest BCUT2D eigenvalue weighted by Gasteiger charge is -2.20. The second-order valence-electron chi connectivity index (χ2n) is 8.13. The van der Waals surface area contributed by atoms with Gasteiger partial charge in [0.25, 0.3) is 0 Å². The van der Waals surface area contributed by atoms with Crippen molar-refractivity contribution in [1.82, 2.24) is 9.97 Å². The van der Waals surface area contributed by atoms with E-state index in [-0.39, 0.29) is 10.8 Å². The topological polar surface area (TPSA) is 25.8 Å². The zero-order valence-electron chi connectivity index (χ0n) is 14.4. The molecule has 1 aromatic heterocycles. The lowest BCUT2D eigenvalue weighted by Crippen LogP contribution is -2.11. The SMILES string of the molecule is CC(C)(C)c1ccc2nc3ccc(C(C)(C)C)cc3nc2c1. The molecule has 2 aromatic carbocycles. The zero-order valence-corrected chi connectivity index (χ0v) is 14.4. The Morgan fingerprint density at radius 2 is 0.909 bits per heavy atom. The van der Waals surface area contributed by atoms with E-state index in [2.05, 4.69) is 77.9 Å². The van der Waals surface area contributed by atoms with Crippen molar-refractivity contribution in [3.05, 3.63) is 47.5 Å². The molecule has 0 atom stereocenters. The molecule has 0 aliphatic carbocycles. The van der Waals surface area contributed by atoms with E-state index in [0.29, 0.717) is 0 Å². The van der Waals surface area contributed by atoms with E-state index < -0.39 is 0 Å². The largest absolute Gasteiger partial charge is 0.245 e. The van der Waals surface area contributed by atoms with Crippen LogP contribution < -0.4 is 0 Å². The molecule has 114 valence electrons. The molecular formula is C20H24N2. The summed E-state index contributed by atoms with van der Waals surface area (Å²) in [5.41, 5.74) is 6.71. The number of hydrogen-bond acceptors (Lipinski definition) is 2. The van der Waals surface area contributed by atoms with E-state index in [4.69, 9.17) is 9.97 Å². The summed E-state index contributed by atoms with van der Waals surface area (Å²) in [6.45, 7) is 13.3. The number of benzene rings is 2. The maximum Gasteiger partial charge on any atom is 0.0897 e. The van der Waals surface area contributed by atoms with E-state index in [0.717, 1.165) is 22.1 Å². The lowest BCUT2D eigenvalue weighted by molar-refractivity contribution is 0.591. The summed E-state index contributed by atoms with van der Waals surface area (Å²) in [5, 5.41) is 0. The second kappa shape index (κ2) is 4.77. The molecule has 0 bridgehead atoms. The van der Waals surface area contributed by atoms with Gasteiger partial charge in [0.05, 0.1) is 22.1 Å². The molecule has 0 unspecified atom stereocenters. The number of nitrogens with zero attached hydrogens (tertiary/aromatic N) is 2. The van der Waals surface area contributed by atoms with Crippen LogP contribution in [0.1, 0.15) is 52.7 Å². The van der Waals surface area contributed by atoms with Crippen molar-refractivity contribution in [1.29, 1.82) is 0 Å². The van der Waals surface area contributed by atoms with Crippen molar-refractivity contribution in [2.45, 2.75) is 52.4 Å². The van der Waals surface area contributed by atoms with Gasteiger partial charge in [0.1, 0.15) is 0 Å². The third-order valence-electron chi connectivity index (χ3n) is 4.16. The highest BCUT2D eigenvalue weighted by atomic mass is 14.8. The maximum atomic E-state index is 4.86. The predicted molar refractivity (Wildman–Crippen MR) is 94.4 cm³/mol. The molecular weight excluding hydrogens is 268 g/mol. The monoisotopic (exact) mass is 292 g/mol. The van der Waals surface area contributed by atoms with Crippen LogP contribution in [0.15, 0.2) is 36.4 Å². The smallest absolute Gasteiger partial charge is 0.0897 e. The van der Waals surface area contributed by atoms with Crippen LogP contribution in [-0.4, -0.2) is 9.97 Å². The Morgan fingerprint density at radius 3 is 1.27 bits per heavy atom. The standard InChI is InChI=1S/C20H24N2/c1-19(2,3)13-7-9-15-17(11-13)22-18-12-14(20(4,5)6)8-10-16(18)21-15/h7-12H,1-6H3. The number of rotatable bonds is 0. The summed E-state index contributed by atoms with van der Waals surface area (Å²) in [6.07, 6.45) is 0. The quantitative estimate of drug-likeness (QED) is 0.520. The average molecular weight is 292 g/mol. The predicted octanol–water partition coefficient (Wildman–Crippen LogP) is 5.38. The molecule has 0 N–H and O–H groups in total. The Morgan fingerprint density at radius 1 is 0.545 bits per heavy atom. The van der Waals surface area contributed by atoms with Gasteiger partial charge in [0, 0.05) is 0 Å². The highest BCUT2D eigenvalue weighted by Crippen LogP contribution is 2.28. The van der Waals surface area contributed by atoms with Crippen LogP contribution in [0.2, 0.25) is 0 Å². The van der Waals surface area contributed by atoms with Crippen molar-refractivity contribution in [3.8, 4) is 0 Å². The summed E-state index contributed by atoms with van der Waals surface area (Å²) in [4.78, 5) is 9.63. The fourth-order valence-electron chi connectivity index (χ4n) is 2.61. The van der Waals surface area contributed by atoms with Crippen LogP contribution in [0.5, 0.6) is 0 Å². The maximum absolute atomic E-state index is 4.86. The first-order valence-corrected chi connectivity index (χ1v) is 7.87. The molecule has 0 radical (unpaired) electrons. The fraction of sp³-hybridized carbons (Fsp3) is 0.400. The zero-order chi connectivity index (χ0) is 16.1. The molecule has 0 aliphatic heterocycles. The summed E-state index contributed by atoms with van der Waals surface area (Å²) in [6, 6.07) is 12.8. The van der Waals surface area contributed by atoms with E-state index in [9.17, 15) is 0 Å². The summed E-state index contributed by atoms with van der Waals surface area (Å²) in [5.74, 6) is 0. The third kappa shape index (κ3) is 2.70. The van der Waals surface area contributed by atoms with Crippen molar-refractivity contribution in [3.63, 3.8) is 0 Å². The first-order valence-electron chi connectivity index (χ1n) is 7.87. The van der Waals surface area contributed by atoms with Gasteiger partial charge in [-0.25, -0.2) is 9.97 Å². The minimum Gasteiger partial charge on any atom is -0.245 e. The molecule has 2 nitrogen and oxygen atoms in total. The molecule has 1 heterocycles. The minimum atomic E-state index is 0.123. The summed E-state index contributed by atoms with van der Waals surface area (Å²) >= 11 is 0. The second-order valence-corrected chi connectivity index (χ2v) is 8.13. The van der Waals surface area contributed by atoms with Crippen LogP contribution in [0.25, 0.3) is 22.1 Å². The van der Waals surface area contributed by atoms with Gasteiger partial charge in [-0.3, -0.25) is 0 Å². The van der Waals surface area contributed by atoms with Crippen molar-refractivity contribution in [2.24, 2.45) is 0 Å². The highest BCUT2D eigenvalue weighted by Gasteiger charge is 2.16. The Labute approximate surface area is 132 Å². The number of fused-ring (bicyclic) bond motifs is 2. The fourth-order valence-corrected chi connectivity index (χ4v) is 2.61. The first-order chi connectivity index (χ1) is 10.1. The van der Waals surface area contributed by atoms with Crippen LogP contribution >= 0.6 is 0 Å². The average Bonchev–Trinajstić information content (AvgIpc) is 2.41. The van der Waals surface area contributed by atoms with Crippen LogP contribution in [0.3, 0.4) is 0 Å². The third-order valence-corrected chi connectivity index (χ3v) is 4.16. The van der Waals surface area contributed by atoms with Gasteiger partial charge in [0.2, 0.25) is 0 Å². The molecule has 0 spiro atoms. The van der Waals surface area contributed by atoms with Gasteiger partial charge in [-0.1, -0.05) is 53.7 Å². The van der Waals surface area contributed by atoms with Gasteiger partial charge in [-0.05, 0) is 46.2 Å². The van der Waals surface area contributed by atoms with Crippen molar-refractivity contribution < 1.29 is 0 Å². The normalized spacial score (nSPS) is 13.0. The highest BCUT2D eigenvalue weighted by molar-refractivity contribution is 5.87. The van der Waals surface area contributed by atoms with E-state index in [1.54, 1.807) is 0 Å².